The number of hydrogen-bond donors (Lipinski definition) is 1. The van der Waals surface area contributed by atoms with Crippen molar-refractivity contribution in [1.29, 1.82) is 0 Å². The van der Waals surface area contributed by atoms with Crippen LogP contribution >= 0.6 is 0 Å². The van der Waals surface area contributed by atoms with Gasteiger partial charge in [-0.3, -0.25) is 0 Å². The molecule has 0 bridgehead atoms. The zero-order valence-corrected chi connectivity index (χ0v) is 11.9. The van der Waals surface area contributed by atoms with Gasteiger partial charge in [-0.2, -0.15) is 0 Å². The summed E-state index contributed by atoms with van der Waals surface area (Å²) in [6, 6.07) is 3.11. The van der Waals surface area contributed by atoms with E-state index < -0.39 is 23.0 Å². The average molecular weight is 295 g/mol. The van der Waals surface area contributed by atoms with E-state index in [2.05, 4.69) is 10.3 Å². The highest BCUT2D eigenvalue weighted by Crippen LogP contribution is 2.25. The van der Waals surface area contributed by atoms with E-state index in [9.17, 15) is 13.6 Å². The lowest BCUT2D eigenvalue weighted by Crippen LogP contribution is -2.22. The molecule has 0 aliphatic heterocycles. The van der Waals surface area contributed by atoms with Crippen molar-refractivity contribution in [3.05, 3.63) is 46.8 Å². The van der Waals surface area contributed by atoms with Gasteiger partial charge in [0.15, 0.2) is 5.69 Å². The lowest BCUT2D eigenvalue weighted by atomic mass is 9.90. The van der Waals surface area contributed by atoms with E-state index in [0.29, 0.717) is 5.69 Å². The standard InChI is InChI=1S/C14H15F2N3O2/c1-14(2,3)12-11(13(20)21)17-18-19(12)7-8-6-9(15)4-5-10(8)16/h4-6H,7H2,1-3H3,(H,20,21). The number of hydrogen-bond acceptors (Lipinski definition) is 3. The summed E-state index contributed by atoms with van der Waals surface area (Å²) in [5, 5.41) is 16.6. The molecule has 0 amide bonds. The van der Waals surface area contributed by atoms with E-state index in [1.165, 1.54) is 4.68 Å². The Bertz CT molecular complexity index is 690. The van der Waals surface area contributed by atoms with Crippen LogP contribution in [-0.4, -0.2) is 26.1 Å². The van der Waals surface area contributed by atoms with Crippen LogP contribution in [0.25, 0.3) is 0 Å². The first-order valence-electron chi connectivity index (χ1n) is 6.31. The van der Waals surface area contributed by atoms with Gasteiger partial charge in [-0.1, -0.05) is 26.0 Å². The van der Waals surface area contributed by atoms with Crippen LogP contribution in [0.2, 0.25) is 0 Å². The van der Waals surface area contributed by atoms with Gasteiger partial charge in [-0.15, -0.1) is 5.10 Å². The smallest absolute Gasteiger partial charge is 0.358 e. The van der Waals surface area contributed by atoms with Gasteiger partial charge in [0.25, 0.3) is 0 Å². The second kappa shape index (κ2) is 5.23. The quantitative estimate of drug-likeness (QED) is 0.945. The molecule has 0 spiro atoms. The molecule has 2 aromatic rings. The molecule has 1 N–H and O–H groups in total. The maximum Gasteiger partial charge on any atom is 0.358 e. The molecule has 5 nitrogen and oxygen atoms in total. The van der Waals surface area contributed by atoms with E-state index in [-0.39, 0.29) is 17.8 Å². The van der Waals surface area contributed by atoms with Gasteiger partial charge in [0.2, 0.25) is 0 Å². The summed E-state index contributed by atoms with van der Waals surface area (Å²) in [5.41, 5.74) is -0.290. The highest BCUT2D eigenvalue weighted by Gasteiger charge is 2.29. The summed E-state index contributed by atoms with van der Waals surface area (Å²) >= 11 is 0. The van der Waals surface area contributed by atoms with E-state index in [0.717, 1.165) is 18.2 Å². The third-order valence-corrected chi connectivity index (χ3v) is 2.98. The number of nitrogens with zero attached hydrogens (tertiary/aromatic N) is 3. The third-order valence-electron chi connectivity index (χ3n) is 2.98. The topological polar surface area (TPSA) is 68.0 Å². The predicted octanol–water partition coefficient (Wildman–Crippen LogP) is 2.60. The number of carbonyl (C=O) groups is 1. The second-order valence-electron chi connectivity index (χ2n) is 5.74. The fourth-order valence-electron chi connectivity index (χ4n) is 2.14. The molecule has 0 radical (unpaired) electrons. The molecule has 1 heterocycles. The summed E-state index contributed by atoms with van der Waals surface area (Å²) in [6.07, 6.45) is 0. The summed E-state index contributed by atoms with van der Waals surface area (Å²) in [4.78, 5) is 11.2. The third kappa shape index (κ3) is 3.07. The predicted molar refractivity (Wildman–Crippen MR) is 71.1 cm³/mol. The van der Waals surface area contributed by atoms with Crippen LogP contribution in [0.3, 0.4) is 0 Å². The molecule has 0 aliphatic carbocycles. The molecule has 112 valence electrons. The van der Waals surface area contributed by atoms with Crippen LogP contribution < -0.4 is 0 Å². The Kier molecular flexibility index (Phi) is 3.76. The summed E-state index contributed by atoms with van der Waals surface area (Å²) < 4.78 is 28.2. The first kappa shape index (κ1) is 15.1. The minimum Gasteiger partial charge on any atom is -0.476 e. The number of rotatable bonds is 3. The molecular formula is C14H15F2N3O2. The van der Waals surface area contributed by atoms with Crippen LogP contribution in [0.5, 0.6) is 0 Å². The molecule has 2 rings (SSSR count). The molecule has 0 saturated carbocycles. The van der Waals surface area contributed by atoms with Crippen LogP contribution in [0, 0.1) is 11.6 Å². The summed E-state index contributed by atoms with van der Waals surface area (Å²) in [7, 11) is 0. The molecule has 0 atom stereocenters. The van der Waals surface area contributed by atoms with Gasteiger partial charge in [-0.25, -0.2) is 18.3 Å². The Morgan fingerprint density at radius 2 is 2.00 bits per heavy atom. The highest BCUT2D eigenvalue weighted by molar-refractivity contribution is 5.86. The Labute approximate surface area is 120 Å². The fraction of sp³-hybridized carbons (Fsp3) is 0.357. The maximum absolute atomic E-state index is 13.7. The van der Waals surface area contributed by atoms with Crippen molar-refractivity contribution in [1.82, 2.24) is 15.0 Å². The number of aromatic nitrogens is 3. The van der Waals surface area contributed by atoms with Gasteiger partial charge in [0.1, 0.15) is 11.6 Å². The molecule has 0 unspecified atom stereocenters. The van der Waals surface area contributed by atoms with Crippen molar-refractivity contribution >= 4 is 5.97 Å². The monoisotopic (exact) mass is 295 g/mol. The van der Waals surface area contributed by atoms with Gasteiger partial charge >= 0.3 is 5.97 Å². The van der Waals surface area contributed by atoms with Crippen LogP contribution in [0.1, 0.15) is 42.5 Å². The Morgan fingerprint density at radius 3 is 2.57 bits per heavy atom. The van der Waals surface area contributed by atoms with E-state index in [1.54, 1.807) is 20.8 Å². The first-order valence-corrected chi connectivity index (χ1v) is 6.31. The van der Waals surface area contributed by atoms with Crippen molar-refractivity contribution in [3.63, 3.8) is 0 Å². The van der Waals surface area contributed by atoms with Crippen molar-refractivity contribution < 1.29 is 18.7 Å². The summed E-state index contributed by atoms with van der Waals surface area (Å²) in [5.74, 6) is -2.35. The molecular weight excluding hydrogens is 280 g/mol. The zero-order chi connectivity index (χ0) is 15.8. The number of aromatic carboxylic acids is 1. The van der Waals surface area contributed by atoms with Crippen LogP contribution in [0.4, 0.5) is 8.78 Å². The normalized spacial score (nSPS) is 11.7. The van der Waals surface area contributed by atoms with Gasteiger partial charge in [0, 0.05) is 11.0 Å². The van der Waals surface area contributed by atoms with Gasteiger partial charge in [0.05, 0.1) is 12.2 Å². The average Bonchev–Trinajstić information content (AvgIpc) is 2.77. The minimum absolute atomic E-state index is 0.0855. The fourth-order valence-corrected chi connectivity index (χ4v) is 2.14. The number of carboxylic acid groups (broad SMARTS) is 1. The zero-order valence-electron chi connectivity index (χ0n) is 11.9. The highest BCUT2D eigenvalue weighted by atomic mass is 19.1. The van der Waals surface area contributed by atoms with Crippen molar-refractivity contribution in [2.45, 2.75) is 32.7 Å². The number of halogens is 2. The molecule has 1 aromatic carbocycles. The lowest BCUT2D eigenvalue weighted by molar-refractivity contribution is 0.0687. The Morgan fingerprint density at radius 1 is 1.33 bits per heavy atom. The largest absolute Gasteiger partial charge is 0.476 e. The van der Waals surface area contributed by atoms with Crippen molar-refractivity contribution in [2.24, 2.45) is 0 Å². The molecule has 7 heteroatoms. The SMILES string of the molecule is CC(C)(C)c1c(C(=O)O)nnn1Cc1cc(F)ccc1F. The molecule has 0 saturated heterocycles. The van der Waals surface area contributed by atoms with E-state index in [1.807, 2.05) is 0 Å². The van der Waals surface area contributed by atoms with Crippen LogP contribution in [-0.2, 0) is 12.0 Å². The maximum atomic E-state index is 13.7. The molecule has 0 fully saturated rings. The van der Waals surface area contributed by atoms with Crippen LogP contribution in [0.15, 0.2) is 18.2 Å². The van der Waals surface area contributed by atoms with E-state index >= 15 is 0 Å². The van der Waals surface area contributed by atoms with Crippen molar-refractivity contribution in [3.8, 4) is 0 Å². The van der Waals surface area contributed by atoms with E-state index in [4.69, 9.17) is 5.11 Å². The summed E-state index contributed by atoms with van der Waals surface area (Å²) in [6.45, 7) is 5.32. The number of carboxylic acids is 1. The minimum atomic E-state index is -1.20. The van der Waals surface area contributed by atoms with Gasteiger partial charge in [-0.05, 0) is 18.2 Å². The van der Waals surface area contributed by atoms with Crippen molar-refractivity contribution in [2.75, 3.05) is 0 Å². The molecule has 21 heavy (non-hydrogen) atoms. The lowest BCUT2D eigenvalue weighted by Gasteiger charge is -2.20. The molecule has 1 aromatic heterocycles. The number of benzene rings is 1. The van der Waals surface area contributed by atoms with Gasteiger partial charge < -0.3 is 5.11 Å². The first-order chi connectivity index (χ1) is 9.70. The Hall–Kier alpha value is -2.31. The molecule has 0 aliphatic rings. The second-order valence-corrected chi connectivity index (χ2v) is 5.74. The Balaban J connectivity index is 2.50.